The summed E-state index contributed by atoms with van der Waals surface area (Å²) in [7, 11) is -0.750. The first-order valence-electron chi connectivity index (χ1n) is 4.61. The molecule has 0 spiro atoms. The third-order valence-corrected chi connectivity index (χ3v) is 4.16. The summed E-state index contributed by atoms with van der Waals surface area (Å²) in [5.41, 5.74) is 5.80. The first-order valence-corrected chi connectivity index (χ1v) is 6.00. The van der Waals surface area contributed by atoms with Gasteiger partial charge in [-0.2, -0.15) is 0 Å². The van der Waals surface area contributed by atoms with Crippen molar-refractivity contribution in [1.82, 2.24) is 0 Å². The lowest BCUT2D eigenvalue weighted by Gasteiger charge is -2.18. The molecule has 0 aromatic carbocycles. The highest BCUT2D eigenvalue weighted by molar-refractivity contribution is 7.85. The van der Waals surface area contributed by atoms with E-state index in [1.807, 2.05) is 13.8 Å². The smallest absolute Gasteiger partial charge is 0.0470 e. The van der Waals surface area contributed by atoms with Crippen LogP contribution < -0.4 is 5.73 Å². The molecule has 0 bridgehead atoms. The van der Waals surface area contributed by atoms with Gasteiger partial charge < -0.3 is 5.73 Å². The molecule has 3 heteroatoms. The Morgan fingerprint density at radius 3 is 2.17 bits per heavy atom. The first-order chi connectivity index (χ1) is 5.49. The van der Waals surface area contributed by atoms with Gasteiger partial charge in [-0.1, -0.05) is 20.8 Å². The molecule has 12 heavy (non-hydrogen) atoms. The van der Waals surface area contributed by atoms with E-state index in [1.165, 1.54) is 0 Å². The molecular formula is C9H21NOS. The Morgan fingerprint density at radius 1 is 1.33 bits per heavy atom. The second kappa shape index (κ2) is 5.70. The third-order valence-electron chi connectivity index (χ3n) is 1.99. The SMILES string of the molecule is CCC(N)C(C)S(=O)CC(C)C. The van der Waals surface area contributed by atoms with E-state index < -0.39 is 10.8 Å². The minimum atomic E-state index is -0.750. The molecule has 0 amide bonds. The predicted octanol–water partition coefficient (Wildman–Crippen LogP) is 1.52. The van der Waals surface area contributed by atoms with Crippen LogP contribution in [0.2, 0.25) is 0 Å². The zero-order valence-corrected chi connectivity index (χ0v) is 9.36. The Balaban J connectivity index is 3.92. The molecule has 0 aliphatic heterocycles. The lowest BCUT2D eigenvalue weighted by atomic mass is 10.2. The Morgan fingerprint density at radius 2 is 1.83 bits per heavy atom. The fourth-order valence-electron chi connectivity index (χ4n) is 1.01. The summed E-state index contributed by atoms with van der Waals surface area (Å²) in [6.07, 6.45) is 0.908. The predicted molar refractivity (Wildman–Crippen MR) is 55.6 cm³/mol. The topological polar surface area (TPSA) is 43.1 Å². The molecule has 0 saturated carbocycles. The second-order valence-corrected chi connectivity index (χ2v) is 5.56. The molecule has 0 aliphatic rings. The molecule has 74 valence electrons. The zero-order chi connectivity index (χ0) is 9.72. The fraction of sp³-hybridized carbons (Fsp3) is 1.00. The molecule has 0 saturated heterocycles. The molecule has 2 nitrogen and oxygen atoms in total. The summed E-state index contributed by atoms with van der Waals surface area (Å²) in [5, 5.41) is 0.136. The van der Waals surface area contributed by atoms with E-state index >= 15 is 0 Å². The van der Waals surface area contributed by atoms with Crippen LogP contribution in [0.3, 0.4) is 0 Å². The van der Waals surface area contributed by atoms with Crippen molar-refractivity contribution in [1.29, 1.82) is 0 Å². The van der Waals surface area contributed by atoms with E-state index in [9.17, 15) is 4.21 Å². The van der Waals surface area contributed by atoms with Crippen LogP contribution in [0.5, 0.6) is 0 Å². The monoisotopic (exact) mass is 191 g/mol. The molecule has 3 atom stereocenters. The van der Waals surface area contributed by atoms with Gasteiger partial charge in [-0.15, -0.1) is 0 Å². The Labute approximate surface area is 78.4 Å². The molecule has 0 aromatic heterocycles. The zero-order valence-electron chi connectivity index (χ0n) is 8.54. The van der Waals surface area contributed by atoms with Crippen molar-refractivity contribution in [2.75, 3.05) is 5.75 Å². The summed E-state index contributed by atoms with van der Waals surface area (Å²) in [6, 6.07) is 0.0876. The van der Waals surface area contributed by atoms with Crippen LogP contribution in [-0.2, 0) is 10.8 Å². The van der Waals surface area contributed by atoms with Crippen LogP contribution >= 0.6 is 0 Å². The van der Waals surface area contributed by atoms with Gasteiger partial charge in [-0.3, -0.25) is 4.21 Å². The highest BCUT2D eigenvalue weighted by Gasteiger charge is 2.18. The maximum atomic E-state index is 11.6. The normalized spacial score (nSPS) is 19.2. The minimum Gasteiger partial charge on any atom is -0.327 e. The summed E-state index contributed by atoms with van der Waals surface area (Å²) in [5.74, 6) is 1.27. The highest BCUT2D eigenvalue weighted by Crippen LogP contribution is 2.07. The van der Waals surface area contributed by atoms with Gasteiger partial charge in [0.25, 0.3) is 0 Å². The van der Waals surface area contributed by atoms with Crippen molar-refractivity contribution in [2.24, 2.45) is 11.7 Å². The van der Waals surface area contributed by atoms with Gasteiger partial charge >= 0.3 is 0 Å². The molecule has 0 fully saturated rings. The minimum absolute atomic E-state index is 0.0876. The van der Waals surface area contributed by atoms with Gasteiger partial charge in [0.15, 0.2) is 0 Å². The van der Waals surface area contributed by atoms with Gasteiger partial charge in [-0.05, 0) is 19.3 Å². The van der Waals surface area contributed by atoms with Crippen molar-refractivity contribution < 1.29 is 4.21 Å². The van der Waals surface area contributed by atoms with Crippen molar-refractivity contribution in [3.63, 3.8) is 0 Å². The molecule has 3 unspecified atom stereocenters. The van der Waals surface area contributed by atoms with Gasteiger partial charge in [0.05, 0.1) is 0 Å². The van der Waals surface area contributed by atoms with Gasteiger partial charge in [-0.25, -0.2) is 0 Å². The summed E-state index contributed by atoms with van der Waals surface area (Å²) < 4.78 is 11.6. The molecule has 2 N–H and O–H groups in total. The van der Waals surface area contributed by atoms with E-state index in [2.05, 4.69) is 13.8 Å². The van der Waals surface area contributed by atoms with E-state index in [0.29, 0.717) is 5.92 Å². The summed E-state index contributed by atoms with van der Waals surface area (Å²) >= 11 is 0. The number of hydrogen-bond donors (Lipinski definition) is 1. The standard InChI is InChI=1S/C9H21NOS/c1-5-9(10)8(4)12(11)6-7(2)3/h7-9H,5-6,10H2,1-4H3. The number of hydrogen-bond acceptors (Lipinski definition) is 2. The molecule has 0 radical (unpaired) electrons. The lowest BCUT2D eigenvalue weighted by Crippen LogP contribution is -2.36. The Bertz CT molecular complexity index is 147. The highest BCUT2D eigenvalue weighted by atomic mass is 32.2. The number of rotatable bonds is 5. The van der Waals surface area contributed by atoms with Crippen LogP contribution in [0.25, 0.3) is 0 Å². The maximum Gasteiger partial charge on any atom is 0.0470 e. The van der Waals surface area contributed by atoms with Crippen LogP contribution in [0.4, 0.5) is 0 Å². The molecule has 0 aliphatic carbocycles. The van der Waals surface area contributed by atoms with E-state index in [0.717, 1.165) is 12.2 Å². The van der Waals surface area contributed by atoms with Crippen LogP contribution in [0.15, 0.2) is 0 Å². The van der Waals surface area contributed by atoms with Crippen molar-refractivity contribution in [2.45, 2.75) is 45.4 Å². The van der Waals surface area contributed by atoms with E-state index in [1.54, 1.807) is 0 Å². The maximum absolute atomic E-state index is 11.6. The van der Waals surface area contributed by atoms with Crippen LogP contribution in [0.1, 0.15) is 34.1 Å². The molecular weight excluding hydrogens is 170 g/mol. The van der Waals surface area contributed by atoms with Crippen molar-refractivity contribution in [3.05, 3.63) is 0 Å². The molecule has 0 heterocycles. The largest absolute Gasteiger partial charge is 0.327 e. The van der Waals surface area contributed by atoms with Crippen LogP contribution in [0, 0.1) is 5.92 Å². The van der Waals surface area contributed by atoms with Gasteiger partial charge in [0.2, 0.25) is 0 Å². The van der Waals surface area contributed by atoms with Crippen molar-refractivity contribution in [3.8, 4) is 0 Å². The summed E-state index contributed by atoms with van der Waals surface area (Å²) in [6.45, 7) is 8.19. The van der Waals surface area contributed by atoms with Crippen LogP contribution in [-0.4, -0.2) is 21.3 Å². The lowest BCUT2D eigenvalue weighted by molar-refractivity contribution is 0.602. The fourth-order valence-corrected chi connectivity index (χ4v) is 2.55. The van der Waals surface area contributed by atoms with Gasteiger partial charge in [0, 0.05) is 27.8 Å². The Kier molecular flexibility index (Phi) is 5.76. The summed E-state index contributed by atoms with van der Waals surface area (Å²) in [4.78, 5) is 0. The second-order valence-electron chi connectivity index (χ2n) is 3.72. The average molecular weight is 191 g/mol. The number of nitrogens with two attached hydrogens (primary N) is 1. The Hall–Kier alpha value is 0.110. The molecule has 0 aromatic rings. The van der Waals surface area contributed by atoms with Gasteiger partial charge in [0.1, 0.15) is 0 Å². The van der Waals surface area contributed by atoms with Crippen molar-refractivity contribution >= 4 is 10.8 Å². The molecule has 0 rings (SSSR count). The van der Waals surface area contributed by atoms with E-state index in [4.69, 9.17) is 5.73 Å². The third kappa shape index (κ3) is 4.21. The quantitative estimate of drug-likeness (QED) is 0.716. The average Bonchev–Trinajstić information content (AvgIpc) is 2.00. The first kappa shape index (κ1) is 12.1. The van der Waals surface area contributed by atoms with E-state index in [-0.39, 0.29) is 11.3 Å².